The third-order valence-electron chi connectivity index (χ3n) is 2.93. The average Bonchev–Trinajstić information content (AvgIpc) is 3.09. The molecule has 100 valence electrons. The maximum Gasteiger partial charge on any atom is 0.189 e. The molecule has 0 saturated carbocycles. The largest absolute Gasteiger partial charge is 0.292 e. The highest BCUT2D eigenvalue weighted by Crippen LogP contribution is 2.22. The summed E-state index contributed by atoms with van der Waals surface area (Å²) in [6.07, 6.45) is 2.07. The van der Waals surface area contributed by atoms with E-state index in [1.165, 1.54) is 11.3 Å². The zero-order valence-corrected chi connectivity index (χ0v) is 11.8. The summed E-state index contributed by atoms with van der Waals surface area (Å²) < 4.78 is 1.63. The van der Waals surface area contributed by atoms with E-state index >= 15 is 0 Å². The highest BCUT2D eigenvalue weighted by atomic mass is 32.1. The second-order valence-corrected chi connectivity index (χ2v) is 5.41. The Morgan fingerprint density at radius 3 is 2.75 bits per heavy atom. The Morgan fingerprint density at radius 2 is 2.05 bits per heavy atom. The van der Waals surface area contributed by atoms with E-state index in [1.54, 1.807) is 24.0 Å². The fourth-order valence-electron chi connectivity index (χ4n) is 1.93. The summed E-state index contributed by atoms with van der Waals surface area (Å²) in [6, 6.07) is 11.7. The summed E-state index contributed by atoms with van der Waals surface area (Å²) in [5.74, 6) is -0.000406. The first-order valence-corrected chi connectivity index (χ1v) is 7.13. The van der Waals surface area contributed by atoms with Gasteiger partial charge in [0.1, 0.15) is 10.7 Å². The van der Waals surface area contributed by atoms with Crippen LogP contribution in [0.3, 0.4) is 0 Å². The van der Waals surface area contributed by atoms with Gasteiger partial charge in [0.2, 0.25) is 0 Å². The van der Waals surface area contributed by atoms with E-state index in [0.717, 1.165) is 16.3 Å². The van der Waals surface area contributed by atoms with Crippen LogP contribution in [0, 0.1) is 0 Å². The first kappa shape index (κ1) is 12.7. The van der Waals surface area contributed by atoms with Crippen LogP contribution >= 0.6 is 11.3 Å². The number of thiazole rings is 1. The first-order chi connectivity index (χ1) is 9.72. The van der Waals surface area contributed by atoms with Crippen LogP contribution in [0.1, 0.15) is 15.5 Å². The molecule has 0 amide bonds. The molecule has 1 aromatic carbocycles. The van der Waals surface area contributed by atoms with Gasteiger partial charge in [0.25, 0.3) is 0 Å². The number of hydrogen-bond donors (Lipinski definition) is 0. The lowest BCUT2D eigenvalue weighted by molar-refractivity contribution is 0.0987. The fraction of sp³-hybridized carbons (Fsp3) is 0.133. The van der Waals surface area contributed by atoms with Crippen LogP contribution in [-0.4, -0.2) is 20.5 Å². The molecule has 2 aromatic heterocycles. The van der Waals surface area contributed by atoms with Gasteiger partial charge in [0.05, 0.1) is 12.1 Å². The lowest BCUT2D eigenvalue weighted by Gasteiger charge is -1.95. The van der Waals surface area contributed by atoms with Crippen molar-refractivity contribution in [3.63, 3.8) is 0 Å². The molecule has 3 aromatic rings. The molecule has 0 fully saturated rings. The molecule has 0 bridgehead atoms. The van der Waals surface area contributed by atoms with Gasteiger partial charge in [-0.1, -0.05) is 30.3 Å². The van der Waals surface area contributed by atoms with E-state index in [2.05, 4.69) is 10.1 Å². The maximum absolute atomic E-state index is 12.1. The molecule has 0 unspecified atom stereocenters. The van der Waals surface area contributed by atoms with E-state index in [1.807, 2.05) is 35.7 Å². The first-order valence-electron chi connectivity index (χ1n) is 6.25. The number of aromatic nitrogens is 3. The van der Waals surface area contributed by atoms with Gasteiger partial charge in [0.15, 0.2) is 5.78 Å². The molecule has 2 heterocycles. The van der Waals surface area contributed by atoms with Crippen LogP contribution in [0.25, 0.3) is 11.3 Å². The van der Waals surface area contributed by atoms with Gasteiger partial charge in [-0.3, -0.25) is 9.48 Å². The van der Waals surface area contributed by atoms with Crippen molar-refractivity contribution in [3.05, 3.63) is 58.7 Å². The van der Waals surface area contributed by atoms with Crippen LogP contribution in [0.2, 0.25) is 0 Å². The Bertz CT molecular complexity index is 730. The van der Waals surface area contributed by atoms with E-state index in [9.17, 15) is 4.79 Å². The van der Waals surface area contributed by atoms with Gasteiger partial charge in [-0.25, -0.2) is 4.98 Å². The Kier molecular flexibility index (Phi) is 3.43. The van der Waals surface area contributed by atoms with Crippen molar-refractivity contribution in [3.8, 4) is 11.3 Å². The van der Waals surface area contributed by atoms with Crippen molar-refractivity contribution >= 4 is 17.1 Å². The van der Waals surface area contributed by atoms with Gasteiger partial charge in [-0.15, -0.1) is 11.3 Å². The van der Waals surface area contributed by atoms with Crippen LogP contribution in [0.5, 0.6) is 0 Å². The Hall–Kier alpha value is -2.27. The van der Waals surface area contributed by atoms with Crippen molar-refractivity contribution in [2.45, 2.75) is 6.42 Å². The predicted molar refractivity (Wildman–Crippen MR) is 78.8 cm³/mol. The van der Waals surface area contributed by atoms with Gasteiger partial charge < -0.3 is 0 Å². The number of nitrogens with zero attached hydrogens (tertiary/aromatic N) is 3. The molecule has 4 nitrogen and oxygen atoms in total. The van der Waals surface area contributed by atoms with Crippen LogP contribution in [0.15, 0.2) is 48.0 Å². The topological polar surface area (TPSA) is 47.8 Å². The zero-order chi connectivity index (χ0) is 13.9. The summed E-state index contributed by atoms with van der Waals surface area (Å²) in [4.78, 5) is 16.6. The number of Topliss-reactive ketones (excluding diaryl/α,β-unsaturated/α-hetero) is 1. The number of rotatable bonds is 4. The Balaban J connectivity index is 1.76. The van der Waals surface area contributed by atoms with Gasteiger partial charge >= 0.3 is 0 Å². The smallest absolute Gasteiger partial charge is 0.189 e. The second-order valence-electron chi connectivity index (χ2n) is 4.47. The minimum Gasteiger partial charge on any atom is -0.292 e. The highest BCUT2D eigenvalue weighted by molar-refractivity contribution is 7.10. The van der Waals surface area contributed by atoms with Gasteiger partial charge in [-0.05, 0) is 6.07 Å². The number of carbonyl (C=O) groups is 1. The molecule has 0 N–H and O–H groups in total. The van der Waals surface area contributed by atoms with Gasteiger partial charge in [-0.2, -0.15) is 5.10 Å². The second kappa shape index (κ2) is 5.38. The maximum atomic E-state index is 12.1. The third-order valence-corrected chi connectivity index (χ3v) is 3.78. The molecule has 0 aliphatic carbocycles. The summed E-state index contributed by atoms with van der Waals surface area (Å²) in [7, 11) is 1.80. The molecule has 0 aliphatic rings. The monoisotopic (exact) mass is 283 g/mol. The van der Waals surface area contributed by atoms with Crippen LogP contribution in [-0.2, 0) is 13.5 Å². The lowest BCUT2D eigenvalue weighted by atomic mass is 10.2. The van der Waals surface area contributed by atoms with Crippen molar-refractivity contribution in [1.29, 1.82) is 0 Å². The fourth-order valence-corrected chi connectivity index (χ4v) is 2.73. The minimum atomic E-state index is -0.000406. The molecule has 0 spiro atoms. The van der Waals surface area contributed by atoms with Gasteiger partial charge in [0, 0.05) is 24.2 Å². The highest BCUT2D eigenvalue weighted by Gasteiger charge is 2.13. The molecular formula is C15H13N3OS. The molecule has 5 heteroatoms. The third kappa shape index (κ3) is 2.67. The quantitative estimate of drug-likeness (QED) is 0.692. The summed E-state index contributed by atoms with van der Waals surface area (Å²) in [6.45, 7) is 0. The number of benzene rings is 1. The van der Waals surface area contributed by atoms with Crippen LogP contribution in [0.4, 0.5) is 0 Å². The minimum absolute atomic E-state index is 0.000406. The van der Waals surface area contributed by atoms with E-state index in [4.69, 9.17) is 0 Å². The molecule has 0 atom stereocenters. The van der Waals surface area contributed by atoms with Crippen LogP contribution < -0.4 is 0 Å². The summed E-state index contributed by atoms with van der Waals surface area (Å²) in [5, 5.41) is 6.92. The van der Waals surface area contributed by atoms with Crippen molar-refractivity contribution in [2.24, 2.45) is 7.05 Å². The lowest BCUT2D eigenvalue weighted by Crippen LogP contribution is -2.05. The molecule has 0 radical (unpaired) electrons. The van der Waals surface area contributed by atoms with Crippen molar-refractivity contribution < 1.29 is 4.79 Å². The molecule has 20 heavy (non-hydrogen) atoms. The Morgan fingerprint density at radius 1 is 1.25 bits per heavy atom. The van der Waals surface area contributed by atoms with E-state index in [0.29, 0.717) is 12.1 Å². The summed E-state index contributed by atoms with van der Waals surface area (Å²) in [5.41, 5.74) is 2.48. The zero-order valence-electron chi connectivity index (χ0n) is 11.0. The van der Waals surface area contributed by atoms with Crippen molar-refractivity contribution in [2.75, 3.05) is 0 Å². The number of aryl methyl sites for hydroxylation is 1. The molecular weight excluding hydrogens is 270 g/mol. The van der Waals surface area contributed by atoms with E-state index < -0.39 is 0 Å². The molecule has 0 saturated heterocycles. The van der Waals surface area contributed by atoms with E-state index in [-0.39, 0.29) is 5.78 Å². The number of hydrogen-bond acceptors (Lipinski definition) is 4. The molecule has 0 aliphatic heterocycles. The van der Waals surface area contributed by atoms with Crippen molar-refractivity contribution in [1.82, 2.24) is 14.8 Å². The predicted octanol–water partition coefficient (Wildman–Crippen LogP) is 2.97. The molecule has 3 rings (SSSR count). The number of ketones is 1. The standard InChI is InChI=1S/C15H13N3OS/c1-18-8-7-12(17-18)14(19)9-15-16-13(10-20-15)11-5-3-2-4-6-11/h2-8,10H,9H2,1H3. The number of carbonyl (C=O) groups excluding carboxylic acids is 1. The SMILES string of the molecule is Cn1ccc(C(=O)Cc2nc(-c3ccccc3)cs2)n1. The normalized spacial score (nSPS) is 10.7. The average molecular weight is 283 g/mol. The summed E-state index contributed by atoms with van der Waals surface area (Å²) >= 11 is 1.51. The Labute approximate surface area is 120 Å².